The van der Waals surface area contributed by atoms with E-state index in [1.165, 1.54) is 30.2 Å². The fourth-order valence-corrected chi connectivity index (χ4v) is 3.47. The molecule has 0 aliphatic carbocycles. The van der Waals surface area contributed by atoms with Crippen molar-refractivity contribution in [3.63, 3.8) is 0 Å². The Labute approximate surface area is 129 Å². The van der Waals surface area contributed by atoms with Crippen molar-refractivity contribution >= 4 is 40.8 Å². The van der Waals surface area contributed by atoms with Crippen LogP contribution in [0, 0.1) is 0 Å². The summed E-state index contributed by atoms with van der Waals surface area (Å²) < 4.78 is 6.80. The maximum Gasteiger partial charge on any atom is 0.321 e. The number of anilines is 1. The molecule has 0 aliphatic rings. The van der Waals surface area contributed by atoms with Crippen LogP contribution in [-0.2, 0) is 0 Å². The van der Waals surface area contributed by atoms with Crippen LogP contribution in [0.5, 0.6) is 6.01 Å². The highest BCUT2D eigenvalue weighted by Gasteiger charge is 2.11. The van der Waals surface area contributed by atoms with Crippen LogP contribution in [0.3, 0.4) is 0 Å². The molecule has 108 valence electrons. The lowest BCUT2D eigenvalue weighted by Crippen LogP contribution is -2.07. The summed E-state index contributed by atoms with van der Waals surface area (Å²) in [5.74, 6) is 0.510. The third-order valence-corrected chi connectivity index (χ3v) is 4.87. The Bertz CT molecular complexity index is 564. The maximum atomic E-state index is 5.09. The van der Waals surface area contributed by atoms with E-state index in [0.717, 1.165) is 21.6 Å². The van der Waals surface area contributed by atoms with Crippen LogP contribution < -0.4 is 10.1 Å². The van der Waals surface area contributed by atoms with Gasteiger partial charge in [-0.2, -0.15) is 15.0 Å². The first-order valence-electron chi connectivity index (χ1n) is 5.84. The Balaban J connectivity index is 2.16. The van der Waals surface area contributed by atoms with Crippen LogP contribution >= 0.6 is 34.9 Å². The van der Waals surface area contributed by atoms with Crippen molar-refractivity contribution in [1.82, 2.24) is 25.1 Å². The van der Waals surface area contributed by atoms with E-state index < -0.39 is 0 Å². The third-order valence-electron chi connectivity index (χ3n) is 2.05. The Hall–Kier alpha value is -1.13. The zero-order valence-corrected chi connectivity index (χ0v) is 13.7. The summed E-state index contributed by atoms with van der Waals surface area (Å²) in [6.07, 6.45) is 2.96. The van der Waals surface area contributed by atoms with Gasteiger partial charge in [-0.05, 0) is 24.4 Å². The average molecular weight is 330 g/mol. The molecule has 10 heteroatoms. The van der Waals surface area contributed by atoms with Crippen molar-refractivity contribution in [3.8, 4) is 6.01 Å². The zero-order valence-electron chi connectivity index (χ0n) is 11.3. The van der Waals surface area contributed by atoms with Crippen molar-refractivity contribution in [3.05, 3.63) is 0 Å². The minimum atomic E-state index is 0.288. The summed E-state index contributed by atoms with van der Waals surface area (Å²) in [5.41, 5.74) is 0. The number of ether oxygens (including phenoxy) is 1. The van der Waals surface area contributed by atoms with Gasteiger partial charge in [-0.25, -0.2) is 0 Å². The average Bonchev–Trinajstić information content (AvgIpc) is 2.92. The van der Waals surface area contributed by atoms with Gasteiger partial charge in [0.05, 0.1) is 7.11 Å². The Morgan fingerprint density at radius 3 is 2.65 bits per heavy atom. The fraction of sp³-hybridized carbons (Fsp3) is 0.500. The fourth-order valence-electron chi connectivity index (χ4n) is 1.19. The highest BCUT2D eigenvalue weighted by Crippen LogP contribution is 2.31. The molecule has 0 fully saturated rings. The number of hydrogen-bond acceptors (Lipinski definition) is 10. The lowest BCUT2D eigenvalue weighted by Gasteiger charge is -2.05. The van der Waals surface area contributed by atoms with E-state index in [1.54, 1.807) is 11.8 Å². The summed E-state index contributed by atoms with van der Waals surface area (Å²) in [6.45, 7) is 2.87. The van der Waals surface area contributed by atoms with E-state index >= 15 is 0 Å². The van der Waals surface area contributed by atoms with Gasteiger partial charge in [0.25, 0.3) is 0 Å². The predicted octanol–water partition coefficient (Wildman–Crippen LogP) is 2.43. The molecule has 2 aromatic rings. The number of hydrogen-bond donors (Lipinski definition) is 1. The van der Waals surface area contributed by atoms with Gasteiger partial charge in [0, 0.05) is 6.54 Å². The molecule has 2 rings (SSSR count). The molecule has 0 aromatic carbocycles. The maximum absolute atomic E-state index is 5.09. The second-order valence-electron chi connectivity index (χ2n) is 3.50. The van der Waals surface area contributed by atoms with E-state index in [4.69, 9.17) is 4.74 Å². The highest BCUT2D eigenvalue weighted by atomic mass is 32.2. The second kappa shape index (κ2) is 7.60. The van der Waals surface area contributed by atoms with Crippen LogP contribution in [-0.4, -0.2) is 45.1 Å². The molecule has 0 spiro atoms. The molecule has 0 atom stereocenters. The number of nitrogens with one attached hydrogen (secondary N) is 1. The smallest absolute Gasteiger partial charge is 0.321 e. The van der Waals surface area contributed by atoms with Crippen LogP contribution in [0.4, 0.5) is 5.95 Å². The van der Waals surface area contributed by atoms with Gasteiger partial charge in [-0.3, -0.25) is 0 Å². The molecular weight excluding hydrogens is 316 g/mol. The number of nitrogens with zero attached hydrogens (tertiary/aromatic N) is 5. The second-order valence-corrected chi connectivity index (χ2v) is 6.74. The molecule has 0 bridgehead atoms. The molecule has 2 aromatic heterocycles. The van der Waals surface area contributed by atoms with Gasteiger partial charge in [0.1, 0.15) is 0 Å². The van der Waals surface area contributed by atoms with Crippen molar-refractivity contribution in [2.75, 3.05) is 25.2 Å². The van der Waals surface area contributed by atoms with Gasteiger partial charge in [-0.1, -0.05) is 30.0 Å². The molecule has 0 saturated carbocycles. The van der Waals surface area contributed by atoms with Crippen LogP contribution in [0.2, 0.25) is 0 Å². The Kier molecular flexibility index (Phi) is 5.80. The summed E-state index contributed by atoms with van der Waals surface area (Å²) in [6, 6.07) is 0.288. The number of rotatable bonds is 7. The summed E-state index contributed by atoms with van der Waals surface area (Å²) in [5, 5.41) is 11.8. The Morgan fingerprint density at radius 1 is 1.20 bits per heavy atom. The minimum absolute atomic E-state index is 0.288. The molecular formula is C10H14N6OS3. The SMILES string of the molecule is CCCNc1nc(OC)nc(Sc2nnc(SC)s2)n1. The van der Waals surface area contributed by atoms with E-state index in [9.17, 15) is 0 Å². The van der Waals surface area contributed by atoms with Crippen molar-refractivity contribution in [2.24, 2.45) is 0 Å². The molecule has 7 nitrogen and oxygen atoms in total. The third kappa shape index (κ3) is 4.18. The largest absolute Gasteiger partial charge is 0.467 e. The van der Waals surface area contributed by atoms with E-state index in [1.807, 2.05) is 6.26 Å². The van der Waals surface area contributed by atoms with Crippen LogP contribution in [0.1, 0.15) is 13.3 Å². The van der Waals surface area contributed by atoms with Crippen molar-refractivity contribution in [2.45, 2.75) is 27.2 Å². The monoisotopic (exact) mass is 330 g/mol. The lowest BCUT2D eigenvalue weighted by molar-refractivity contribution is 0.373. The van der Waals surface area contributed by atoms with Gasteiger partial charge in [0.15, 0.2) is 8.68 Å². The number of aromatic nitrogens is 5. The first-order valence-corrected chi connectivity index (χ1v) is 8.70. The van der Waals surface area contributed by atoms with Crippen molar-refractivity contribution in [1.29, 1.82) is 0 Å². The first-order chi connectivity index (χ1) is 9.75. The highest BCUT2D eigenvalue weighted by molar-refractivity contribution is 8.02. The molecule has 1 N–H and O–H groups in total. The number of thioether (sulfide) groups is 1. The summed E-state index contributed by atoms with van der Waals surface area (Å²) >= 11 is 4.42. The molecule has 0 saturated heterocycles. The molecule has 0 amide bonds. The Morgan fingerprint density at radius 2 is 2.00 bits per heavy atom. The molecule has 20 heavy (non-hydrogen) atoms. The van der Waals surface area contributed by atoms with Crippen LogP contribution in [0.15, 0.2) is 13.8 Å². The number of methoxy groups -OCH3 is 1. The molecule has 0 unspecified atom stereocenters. The quantitative estimate of drug-likeness (QED) is 0.769. The molecule has 0 aliphatic heterocycles. The zero-order chi connectivity index (χ0) is 14.4. The van der Waals surface area contributed by atoms with Gasteiger partial charge in [0.2, 0.25) is 11.1 Å². The van der Waals surface area contributed by atoms with Gasteiger partial charge in [-0.15, -0.1) is 10.2 Å². The molecule has 2 heterocycles. The van der Waals surface area contributed by atoms with Crippen molar-refractivity contribution < 1.29 is 4.74 Å². The standard InChI is InChI=1S/C10H14N6OS3/c1-4-5-11-6-12-7(17-2)14-8(13-6)19-10-16-15-9(18-3)20-10/h4-5H2,1-3H3,(H,11,12,13,14). The topological polar surface area (TPSA) is 85.7 Å². The summed E-state index contributed by atoms with van der Waals surface area (Å²) in [7, 11) is 1.53. The van der Waals surface area contributed by atoms with E-state index in [-0.39, 0.29) is 6.01 Å². The van der Waals surface area contributed by atoms with Gasteiger partial charge >= 0.3 is 6.01 Å². The lowest BCUT2D eigenvalue weighted by atomic mass is 10.5. The first kappa shape index (κ1) is 15.3. The van der Waals surface area contributed by atoms with Gasteiger partial charge < -0.3 is 10.1 Å². The minimum Gasteiger partial charge on any atom is -0.467 e. The van der Waals surface area contributed by atoms with E-state index in [2.05, 4.69) is 37.4 Å². The van der Waals surface area contributed by atoms with E-state index in [0.29, 0.717) is 11.1 Å². The molecule has 0 radical (unpaired) electrons. The van der Waals surface area contributed by atoms with Crippen LogP contribution in [0.25, 0.3) is 0 Å². The normalized spacial score (nSPS) is 10.6. The summed E-state index contributed by atoms with van der Waals surface area (Å²) in [4.78, 5) is 12.7. The predicted molar refractivity (Wildman–Crippen MR) is 81.0 cm³/mol.